The number of nitro benzene ring substituents is 1. The molecule has 1 aliphatic heterocycles. The van der Waals surface area contributed by atoms with Gasteiger partial charge in [-0.25, -0.2) is 0 Å². The molecule has 1 heterocycles. The van der Waals surface area contributed by atoms with Gasteiger partial charge in [-0.15, -0.1) is 0 Å². The summed E-state index contributed by atoms with van der Waals surface area (Å²) in [6.07, 6.45) is 0.286. The van der Waals surface area contributed by atoms with Crippen molar-refractivity contribution in [2.24, 2.45) is 0 Å². The van der Waals surface area contributed by atoms with Crippen LogP contribution in [0.2, 0.25) is 0 Å². The molecule has 0 aromatic heterocycles. The molecule has 0 spiro atoms. The normalized spacial score (nSPS) is 14.4. The number of hydrazine groups is 1. The summed E-state index contributed by atoms with van der Waals surface area (Å²) in [6, 6.07) is 5.15. The SMILES string of the molecule is CCN(CC)c1ccc(C2=C(C)CC(=O)NN2)cc1[N+](=O)[O-]. The lowest BCUT2D eigenvalue weighted by Crippen LogP contribution is -2.40. The Hall–Kier alpha value is -2.57. The predicted octanol–water partition coefficient (Wildman–Crippen LogP) is 2.20. The van der Waals surface area contributed by atoms with Crippen LogP contribution in [0.25, 0.3) is 5.70 Å². The Labute approximate surface area is 129 Å². The number of carbonyl (C=O) groups excluding carboxylic acids is 1. The summed E-state index contributed by atoms with van der Waals surface area (Å²) in [5.74, 6) is -0.115. The van der Waals surface area contributed by atoms with Gasteiger partial charge >= 0.3 is 0 Å². The lowest BCUT2D eigenvalue weighted by atomic mass is 10.0. The van der Waals surface area contributed by atoms with E-state index in [0.717, 1.165) is 5.57 Å². The summed E-state index contributed by atoms with van der Waals surface area (Å²) in [7, 11) is 0. The van der Waals surface area contributed by atoms with E-state index in [1.54, 1.807) is 12.1 Å². The standard InChI is InChI=1S/C15H20N4O3/c1-4-18(5-2)12-7-6-11(9-13(12)19(21)22)15-10(3)8-14(20)16-17-15/h6-7,9,17H,4-5,8H2,1-3H3,(H,16,20). The molecule has 0 aliphatic carbocycles. The number of benzene rings is 1. The number of carbonyl (C=O) groups is 1. The van der Waals surface area contributed by atoms with Gasteiger partial charge in [0, 0.05) is 24.7 Å². The maximum atomic E-state index is 11.4. The van der Waals surface area contributed by atoms with Crippen molar-refractivity contribution >= 4 is 23.0 Å². The molecule has 0 radical (unpaired) electrons. The molecule has 7 nitrogen and oxygen atoms in total. The molecule has 118 valence electrons. The van der Waals surface area contributed by atoms with Gasteiger partial charge < -0.3 is 4.90 Å². The Balaban J connectivity index is 2.48. The zero-order valence-electron chi connectivity index (χ0n) is 13.0. The van der Waals surface area contributed by atoms with Gasteiger partial charge in [0.25, 0.3) is 5.69 Å². The Bertz CT molecular complexity index is 636. The van der Waals surface area contributed by atoms with Crippen LogP contribution in [0.4, 0.5) is 11.4 Å². The molecule has 7 heteroatoms. The van der Waals surface area contributed by atoms with Crippen LogP contribution >= 0.6 is 0 Å². The summed E-state index contributed by atoms with van der Waals surface area (Å²) in [5, 5.41) is 11.4. The lowest BCUT2D eigenvalue weighted by Gasteiger charge is -2.23. The van der Waals surface area contributed by atoms with Crippen LogP contribution in [0.1, 0.15) is 32.8 Å². The highest BCUT2D eigenvalue weighted by atomic mass is 16.6. The minimum Gasteiger partial charge on any atom is -0.367 e. The molecule has 1 aromatic rings. The molecule has 0 fully saturated rings. The van der Waals surface area contributed by atoms with E-state index >= 15 is 0 Å². The number of anilines is 1. The second-order valence-electron chi connectivity index (χ2n) is 5.14. The van der Waals surface area contributed by atoms with Crippen LogP contribution in [0.3, 0.4) is 0 Å². The van der Waals surface area contributed by atoms with Crippen molar-refractivity contribution in [2.75, 3.05) is 18.0 Å². The number of nitrogens with one attached hydrogen (secondary N) is 2. The van der Waals surface area contributed by atoms with E-state index in [1.165, 1.54) is 0 Å². The third-order valence-electron chi connectivity index (χ3n) is 3.74. The number of nitrogens with zero attached hydrogens (tertiary/aromatic N) is 2. The molecule has 0 saturated heterocycles. The van der Waals surface area contributed by atoms with Gasteiger partial charge in [-0.3, -0.25) is 25.8 Å². The lowest BCUT2D eigenvalue weighted by molar-refractivity contribution is -0.384. The highest BCUT2D eigenvalue weighted by Gasteiger charge is 2.22. The highest BCUT2D eigenvalue weighted by Crippen LogP contribution is 2.32. The van der Waals surface area contributed by atoms with Crippen LogP contribution < -0.4 is 15.8 Å². The average Bonchev–Trinajstić information content (AvgIpc) is 2.49. The Morgan fingerprint density at radius 3 is 2.50 bits per heavy atom. The van der Waals surface area contributed by atoms with Crippen molar-refractivity contribution in [1.82, 2.24) is 10.9 Å². The minimum absolute atomic E-state index is 0.0696. The molecule has 1 amide bonds. The average molecular weight is 304 g/mol. The Morgan fingerprint density at radius 2 is 1.95 bits per heavy atom. The molecular weight excluding hydrogens is 284 g/mol. The van der Waals surface area contributed by atoms with Crippen molar-refractivity contribution in [1.29, 1.82) is 0 Å². The summed E-state index contributed by atoms with van der Waals surface area (Å²) < 4.78 is 0. The van der Waals surface area contributed by atoms with Crippen LogP contribution in [0.15, 0.2) is 23.8 Å². The monoisotopic (exact) mass is 304 g/mol. The minimum atomic E-state index is -0.367. The number of hydrogen-bond acceptors (Lipinski definition) is 5. The summed E-state index contributed by atoms with van der Waals surface area (Å²) in [4.78, 5) is 24.3. The predicted molar refractivity (Wildman–Crippen MR) is 85.1 cm³/mol. The zero-order chi connectivity index (χ0) is 16.3. The first-order valence-corrected chi connectivity index (χ1v) is 7.26. The first-order valence-electron chi connectivity index (χ1n) is 7.26. The van der Waals surface area contributed by atoms with Crippen LogP contribution in [0.5, 0.6) is 0 Å². The number of rotatable bonds is 5. The van der Waals surface area contributed by atoms with Crippen molar-refractivity contribution in [3.8, 4) is 0 Å². The molecule has 0 atom stereocenters. The third kappa shape index (κ3) is 3.03. The first kappa shape index (κ1) is 15.8. The topological polar surface area (TPSA) is 87.5 Å². The van der Waals surface area contributed by atoms with Crippen molar-refractivity contribution in [2.45, 2.75) is 27.2 Å². The molecule has 2 N–H and O–H groups in total. The van der Waals surface area contributed by atoms with Gasteiger partial charge in [-0.1, -0.05) is 6.07 Å². The zero-order valence-corrected chi connectivity index (χ0v) is 13.0. The summed E-state index contributed by atoms with van der Waals surface area (Å²) in [5.41, 5.74) is 8.31. The van der Waals surface area contributed by atoms with Gasteiger partial charge in [-0.05, 0) is 32.4 Å². The van der Waals surface area contributed by atoms with E-state index in [0.29, 0.717) is 30.0 Å². The smallest absolute Gasteiger partial charge is 0.293 e. The molecule has 0 saturated carbocycles. The maximum absolute atomic E-state index is 11.4. The van der Waals surface area contributed by atoms with Crippen molar-refractivity contribution in [3.05, 3.63) is 39.4 Å². The highest BCUT2D eigenvalue weighted by molar-refractivity contribution is 5.86. The van der Waals surface area contributed by atoms with Gasteiger partial charge in [0.05, 0.1) is 17.0 Å². The van der Waals surface area contributed by atoms with Gasteiger partial charge in [0.15, 0.2) is 0 Å². The largest absolute Gasteiger partial charge is 0.367 e. The van der Waals surface area contributed by atoms with Gasteiger partial charge in [-0.2, -0.15) is 0 Å². The summed E-state index contributed by atoms with van der Waals surface area (Å²) in [6.45, 7) is 7.17. The Kier molecular flexibility index (Phi) is 4.65. The third-order valence-corrected chi connectivity index (χ3v) is 3.74. The maximum Gasteiger partial charge on any atom is 0.293 e. The van der Waals surface area contributed by atoms with Crippen molar-refractivity contribution in [3.63, 3.8) is 0 Å². The van der Waals surface area contributed by atoms with E-state index in [2.05, 4.69) is 10.9 Å². The van der Waals surface area contributed by atoms with Crippen molar-refractivity contribution < 1.29 is 9.72 Å². The van der Waals surface area contributed by atoms with Crippen LogP contribution in [-0.2, 0) is 4.79 Å². The fraction of sp³-hybridized carbons (Fsp3) is 0.400. The number of nitro groups is 1. The van der Waals surface area contributed by atoms with Crippen LogP contribution in [-0.4, -0.2) is 23.9 Å². The van der Waals surface area contributed by atoms with E-state index in [-0.39, 0.29) is 22.9 Å². The van der Waals surface area contributed by atoms with Crippen LogP contribution in [0, 0.1) is 10.1 Å². The quantitative estimate of drug-likeness (QED) is 0.643. The molecule has 22 heavy (non-hydrogen) atoms. The second kappa shape index (κ2) is 6.46. The summed E-state index contributed by atoms with van der Waals surface area (Å²) >= 11 is 0. The second-order valence-corrected chi connectivity index (χ2v) is 5.14. The molecule has 1 aliphatic rings. The Morgan fingerprint density at radius 1 is 1.27 bits per heavy atom. The number of hydrogen-bond donors (Lipinski definition) is 2. The van der Waals surface area contributed by atoms with Gasteiger partial charge in [0.1, 0.15) is 5.69 Å². The molecule has 0 unspecified atom stereocenters. The molecule has 2 rings (SSSR count). The molecular formula is C15H20N4O3. The van der Waals surface area contributed by atoms with E-state index in [1.807, 2.05) is 31.7 Å². The van der Waals surface area contributed by atoms with E-state index in [4.69, 9.17) is 0 Å². The fourth-order valence-electron chi connectivity index (χ4n) is 2.59. The molecule has 0 bridgehead atoms. The first-order chi connectivity index (χ1) is 10.5. The molecule has 1 aromatic carbocycles. The van der Waals surface area contributed by atoms with Gasteiger partial charge in [0.2, 0.25) is 5.91 Å². The van der Waals surface area contributed by atoms with E-state index < -0.39 is 0 Å². The van der Waals surface area contributed by atoms with E-state index in [9.17, 15) is 14.9 Å². The fourth-order valence-corrected chi connectivity index (χ4v) is 2.59. The number of amides is 1.